The van der Waals surface area contributed by atoms with Crippen molar-refractivity contribution >= 4 is 5.96 Å². The highest BCUT2D eigenvalue weighted by Crippen LogP contribution is 2.14. The number of unbranched alkanes of at least 4 members (excludes halogenated alkanes) is 3. The summed E-state index contributed by atoms with van der Waals surface area (Å²) in [7, 11) is 0. The highest BCUT2D eigenvalue weighted by atomic mass is 16.5. The van der Waals surface area contributed by atoms with Gasteiger partial charge in [-0.2, -0.15) is 0 Å². The maximum absolute atomic E-state index is 5.80. The predicted octanol–water partition coefficient (Wildman–Crippen LogP) is 2.43. The van der Waals surface area contributed by atoms with Crippen LogP contribution in [0.3, 0.4) is 0 Å². The first-order valence-corrected chi connectivity index (χ1v) is 7.48. The van der Waals surface area contributed by atoms with Crippen LogP contribution in [-0.2, 0) is 4.74 Å². The fourth-order valence-electron chi connectivity index (χ4n) is 2.19. The molecule has 1 heterocycles. The molecular formula is C14H29N3O. The lowest BCUT2D eigenvalue weighted by Crippen LogP contribution is -2.34. The molecule has 106 valence electrons. The van der Waals surface area contributed by atoms with E-state index in [1.807, 2.05) is 0 Å². The van der Waals surface area contributed by atoms with E-state index in [0.717, 1.165) is 32.5 Å². The number of hydrogen-bond donors (Lipinski definition) is 2. The van der Waals surface area contributed by atoms with Gasteiger partial charge in [-0.1, -0.05) is 26.2 Å². The average molecular weight is 255 g/mol. The van der Waals surface area contributed by atoms with E-state index in [2.05, 4.69) is 17.2 Å². The van der Waals surface area contributed by atoms with Crippen molar-refractivity contribution < 1.29 is 4.74 Å². The largest absolute Gasteiger partial charge is 0.378 e. The second-order valence-corrected chi connectivity index (χ2v) is 5.03. The van der Waals surface area contributed by atoms with E-state index in [-0.39, 0.29) is 0 Å². The van der Waals surface area contributed by atoms with Crippen LogP contribution < -0.4 is 11.1 Å². The topological polar surface area (TPSA) is 59.6 Å². The summed E-state index contributed by atoms with van der Waals surface area (Å²) in [5, 5.41) is 3.17. The predicted molar refractivity (Wildman–Crippen MR) is 76.8 cm³/mol. The minimum Gasteiger partial charge on any atom is -0.378 e. The summed E-state index contributed by atoms with van der Waals surface area (Å²) in [4.78, 5) is 4.32. The summed E-state index contributed by atoms with van der Waals surface area (Å²) in [5.74, 6) is 0.585. The zero-order chi connectivity index (χ0) is 13.1. The molecule has 0 aromatic rings. The van der Waals surface area contributed by atoms with Crippen molar-refractivity contribution in [1.82, 2.24) is 5.32 Å². The summed E-state index contributed by atoms with van der Waals surface area (Å²) in [6.07, 6.45) is 10.1. The van der Waals surface area contributed by atoms with Gasteiger partial charge in [0.15, 0.2) is 5.96 Å². The van der Waals surface area contributed by atoms with Crippen molar-refractivity contribution in [1.29, 1.82) is 0 Å². The van der Waals surface area contributed by atoms with Gasteiger partial charge >= 0.3 is 0 Å². The fraction of sp³-hybridized carbons (Fsp3) is 0.929. The Kier molecular flexibility index (Phi) is 8.65. The average Bonchev–Trinajstić information content (AvgIpc) is 2.40. The Morgan fingerprint density at radius 2 is 2.22 bits per heavy atom. The molecule has 4 nitrogen and oxygen atoms in total. The molecule has 0 radical (unpaired) electrons. The monoisotopic (exact) mass is 255 g/mol. The Balaban J connectivity index is 1.97. The van der Waals surface area contributed by atoms with Crippen LogP contribution >= 0.6 is 0 Å². The molecule has 0 aliphatic carbocycles. The zero-order valence-corrected chi connectivity index (χ0v) is 11.8. The van der Waals surface area contributed by atoms with Gasteiger partial charge < -0.3 is 15.8 Å². The van der Waals surface area contributed by atoms with Crippen LogP contribution in [0.1, 0.15) is 58.3 Å². The third kappa shape index (κ3) is 7.54. The molecule has 18 heavy (non-hydrogen) atoms. The number of rotatable bonds is 8. The second kappa shape index (κ2) is 10.2. The molecule has 0 bridgehead atoms. The van der Waals surface area contributed by atoms with E-state index in [0.29, 0.717) is 12.1 Å². The molecule has 0 amide bonds. The maximum atomic E-state index is 5.80. The number of guanidine groups is 1. The van der Waals surface area contributed by atoms with E-state index in [4.69, 9.17) is 10.5 Å². The maximum Gasteiger partial charge on any atom is 0.188 e. The number of nitrogens with zero attached hydrogens (tertiary/aromatic N) is 1. The zero-order valence-electron chi connectivity index (χ0n) is 11.8. The van der Waals surface area contributed by atoms with Gasteiger partial charge in [0.25, 0.3) is 0 Å². The van der Waals surface area contributed by atoms with Crippen LogP contribution in [0.4, 0.5) is 0 Å². The molecule has 0 aromatic heterocycles. The minimum absolute atomic E-state index is 0.420. The van der Waals surface area contributed by atoms with E-state index >= 15 is 0 Å². The molecule has 1 aliphatic rings. The van der Waals surface area contributed by atoms with Gasteiger partial charge in [0.05, 0.1) is 6.10 Å². The van der Waals surface area contributed by atoms with E-state index in [1.165, 1.54) is 38.5 Å². The van der Waals surface area contributed by atoms with Crippen molar-refractivity contribution in [2.24, 2.45) is 10.7 Å². The highest BCUT2D eigenvalue weighted by Gasteiger charge is 2.12. The third-order valence-corrected chi connectivity index (χ3v) is 3.34. The first-order chi connectivity index (χ1) is 8.83. The van der Waals surface area contributed by atoms with Gasteiger partial charge in [0, 0.05) is 19.7 Å². The van der Waals surface area contributed by atoms with Gasteiger partial charge in [0.2, 0.25) is 0 Å². The number of hydrogen-bond acceptors (Lipinski definition) is 2. The normalized spacial score (nSPS) is 20.9. The second-order valence-electron chi connectivity index (χ2n) is 5.03. The molecule has 3 N–H and O–H groups in total. The van der Waals surface area contributed by atoms with Gasteiger partial charge in [-0.25, -0.2) is 0 Å². The molecule has 0 aromatic carbocycles. The summed E-state index contributed by atoms with van der Waals surface area (Å²) >= 11 is 0. The highest BCUT2D eigenvalue weighted by molar-refractivity contribution is 5.77. The van der Waals surface area contributed by atoms with Gasteiger partial charge in [0.1, 0.15) is 0 Å². The fourth-order valence-corrected chi connectivity index (χ4v) is 2.19. The van der Waals surface area contributed by atoms with Crippen molar-refractivity contribution in [2.75, 3.05) is 19.7 Å². The molecule has 0 spiro atoms. The van der Waals surface area contributed by atoms with Crippen molar-refractivity contribution in [3.05, 3.63) is 0 Å². The van der Waals surface area contributed by atoms with Crippen LogP contribution in [0.15, 0.2) is 4.99 Å². The van der Waals surface area contributed by atoms with Crippen LogP contribution in [0, 0.1) is 0 Å². The lowest BCUT2D eigenvalue weighted by atomic mass is 10.1. The molecule has 0 saturated carbocycles. The molecule has 4 heteroatoms. The molecule has 1 rings (SSSR count). The van der Waals surface area contributed by atoms with Crippen LogP contribution in [0.25, 0.3) is 0 Å². The summed E-state index contributed by atoms with van der Waals surface area (Å²) < 4.78 is 5.66. The lowest BCUT2D eigenvalue weighted by molar-refractivity contribution is 0.0122. The number of ether oxygens (including phenoxy) is 1. The number of nitrogens with two attached hydrogens (primary N) is 1. The lowest BCUT2D eigenvalue weighted by Gasteiger charge is -2.22. The molecule has 1 saturated heterocycles. The Bertz CT molecular complexity index is 225. The van der Waals surface area contributed by atoms with Crippen LogP contribution in [0.5, 0.6) is 0 Å². The Morgan fingerprint density at radius 3 is 2.94 bits per heavy atom. The SMILES string of the molecule is CCCCCCN=C(N)NCCC1CCCCO1. The van der Waals surface area contributed by atoms with Crippen molar-refractivity contribution in [3.63, 3.8) is 0 Å². The summed E-state index contributed by atoms with van der Waals surface area (Å²) in [6.45, 7) is 4.85. The van der Waals surface area contributed by atoms with Crippen LogP contribution in [-0.4, -0.2) is 31.8 Å². The summed E-state index contributed by atoms with van der Waals surface area (Å²) in [5.41, 5.74) is 5.80. The quantitative estimate of drug-likeness (QED) is 0.398. The van der Waals surface area contributed by atoms with E-state index < -0.39 is 0 Å². The Labute approximate surface area is 111 Å². The van der Waals surface area contributed by atoms with Crippen molar-refractivity contribution in [3.8, 4) is 0 Å². The first-order valence-electron chi connectivity index (χ1n) is 7.48. The van der Waals surface area contributed by atoms with Gasteiger partial charge in [-0.05, 0) is 32.1 Å². The van der Waals surface area contributed by atoms with E-state index in [1.54, 1.807) is 0 Å². The minimum atomic E-state index is 0.420. The number of nitrogens with one attached hydrogen (secondary N) is 1. The Morgan fingerprint density at radius 1 is 1.33 bits per heavy atom. The van der Waals surface area contributed by atoms with Gasteiger partial charge in [-0.15, -0.1) is 0 Å². The summed E-state index contributed by atoms with van der Waals surface area (Å²) in [6, 6.07) is 0. The van der Waals surface area contributed by atoms with Crippen molar-refractivity contribution in [2.45, 2.75) is 64.4 Å². The molecule has 1 unspecified atom stereocenters. The smallest absolute Gasteiger partial charge is 0.188 e. The third-order valence-electron chi connectivity index (χ3n) is 3.34. The van der Waals surface area contributed by atoms with Crippen LogP contribution in [0.2, 0.25) is 0 Å². The molecular weight excluding hydrogens is 226 g/mol. The molecule has 1 atom stereocenters. The Hall–Kier alpha value is -0.770. The standard InChI is InChI=1S/C14H29N3O/c1-2-3-4-6-10-16-14(15)17-11-9-13-8-5-7-12-18-13/h13H,2-12H2,1H3,(H3,15,16,17). The first kappa shape index (κ1) is 15.3. The van der Waals surface area contributed by atoms with Gasteiger partial charge in [-0.3, -0.25) is 4.99 Å². The number of aliphatic imine (C=N–C) groups is 1. The molecule has 1 fully saturated rings. The van der Waals surface area contributed by atoms with E-state index in [9.17, 15) is 0 Å². The molecule has 1 aliphatic heterocycles.